The third kappa shape index (κ3) is 2.88. The number of aromatic nitrogens is 1. The van der Waals surface area contributed by atoms with Gasteiger partial charge in [-0.05, 0) is 30.5 Å². The van der Waals surface area contributed by atoms with Gasteiger partial charge in [-0.15, -0.1) is 11.3 Å². The van der Waals surface area contributed by atoms with Gasteiger partial charge in [-0.3, -0.25) is 4.79 Å². The molecule has 106 valence electrons. The van der Waals surface area contributed by atoms with E-state index in [1.165, 1.54) is 24.3 Å². The van der Waals surface area contributed by atoms with Gasteiger partial charge in [0.25, 0.3) is 0 Å². The smallest absolute Gasteiger partial charge is 0.310 e. The molecule has 20 heavy (non-hydrogen) atoms. The minimum Gasteiger partial charge on any atom is -0.481 e. The number of carboxylic acid groups (broad SMARTS) is 1. The van der Waals surface area contributed by atoms with Gasteiger partial charge in [0.15, 0.2) is 0 Å². The number of thiazole rings is 1. The predicted octanol–water partition coefficient (Wildman–Crippen LogP) is 4.26. The molecular weight excluding hydrogens is 277 g/mol. The first kappa shape index (κ1) is 14.7. The standard InChI is InChI=1S/C15H16FNO2S/c1-8(2)13-7-20-14(17-13)11-5-4-10(6-12(11)16)9(3)15(18)19/h4-9H,1-3H3,(H,18,19). The number of hydrogen-bond acceptors (Lipinski definition) is 3. The van der Waals surface area contributed by atoms with Crippen molar-refractivity contribution < 1.29 is 14.3 Å². The molecule has 0 amide bonds. The maximum atomic E-state index is 14.1. The first-order valence-electron chi connectivity index (χ1n) is 6.38. The fourth-order valence-electron chi connectivity index (χ4n) is 1.79. The lowest BCUT2D eigenvalue weighted by Gasteiger charge is -2.08. The molecule has 1 heterocycles. The number of halogens is 1. The van der Waals surface area contributed by atoms with Crippen molar-refractivity contribution >= 4 is 17.3 Å². The van der Waals surface area contributed by atoms with Crippen LogP contribution in [0.15, 0.2) is 23.6 Å². The summed E-state index contributed by atoms with van der Waals surface area (Å²) in [7, 11) is 0. The number of nitrogens with zero attached hydrogens (tertiary/aromatic N) is 1. The van der Waals surface area contributed by atoms with E-state index in [1.54, 1.807) is 12.1 Å². The molecule has 1 unspecified atom stereocenters. The van der Waals surface area contributed by atoms with Gasteiger partial charge in [0, 0.05) is 10.9 Å². The van der Waals surface area contributed by atoms with E-state index in [0.717, 1.165) is 5.69 Å². The lowest BCUT2D eigenvalue weighted by Crippen LogP contribution is -2.07. The highest BCUT2D eigenvalue weighted by Crippen LogP contribution is 2.30. The highest BCUT2D eigenvalue weighted by atomic mass is 32.1. The van der Waals surface area contributed by atoms with E-state index in [9.17, 15) is 9.18 Å². The molecule has 0 saturated heterocycles. The largest absolute Gasteiger partial charge is 0.481 e. The Kier molecular flexibility index (Phi) is 4.18. The molecule has 3 nitrogen and oxygen atoms in total. The summed E-state index contributed by atoms with van der Waals surface area (Å²) in [5.74, 6) is -1.82. The zero-order chi connectivity index (χ0) is 14.9. The summed E-state index contributed by atoms with van der Waals surface area (Å²) < 4.78 is 14.1. The van der Waals surface area contributed by atoms with E-state index in [4.69, 9.17) is 5.11 Å². The van der Waals surface area contributed by atoms with E-state index in [0.29, 0.717) is 22.1 Å². The van der Waals surface area contributed by atoms with Crippen LogP contribution in [-0.2, 0) is 4.79 Å². The fraction of sp³-hybridized carbons (Fsp3) is 0.333. The Morgan fingerprint density at radius 2 is 2.05 bits per heavy atom. The van der Waals surface area contributed by atoms with Crippen molar-refractivity contribution in [1.29, 1.82) is 0 Å². The van der Waals surface area contributed by atoms with E-state index in [1.807, 2.05) is 19.2 Å². The second-order valence-corrected chi connectivity index (χ2v) is 5.89. The quantitative estimate of drug-likeness (QED) is 0.916. The summed E-state index contributed by atoms with van der Waals surface area (Å²) in [4.78, 5) is 15.3. The monoisotopic (exact) mass is 293 g/mol. The van der Waals surface area contributed by atoms with Gasteiger partial charge >= 0.3 is 5.97 Å². The molecule has 2 aromatic rings. The summed E-state index contributed by atoms with van der Waals surface area (Å²) in [5, 5.41) is 11.5. The molecule has 0 aliphatic rings. The highest BCUT2D eigenvalue weighted by Gasteiger charge is 2.17. The third-order valence-electron chi connectivity index (χ3n) is 3.21. The number of hydrogen-bond donors (Lipinski definition) is 1. The Bertz CT molecular complexity index is 637. The van der Waals surface area contributed by atoms with E-state index in [-0.39, 0.29) is 0 Å². The molecule has 0 aliphatic heterocycles. The van der Waals surface area contributed by atoms with Crippen LogP contribution in [0.2, 0.25) is 0 Å². The van der Waals surface area contributed by atoms with Crippen molar-refractivity contribution in [3.63, 3.8) is 0 Å². The van der Waals surface area contributed by atoms with Gasteiger partial charge in [0.2, 0.25) is 0 Å². The van der Waals surface area contributed by atoms with Crippen LogP contribution in [0.1, 0.15) is 43.9 Å². The maximum absolute atomic E-state index is 14.1. The van der Waals surface area contributed by atoms with Crippen molar-refractivity contribution in [1.82, 2.24) is 4.98 Å². The Labute approximate surface area is 121 Å². The van der Waals surface area contributed by atoms with Crippen LogP contribution in [0, 0.1) is 5.82 Å². The van der Waals surface area contributed by atoms with Crippen LogP contribution >= 0.6 is 11.3 Å². The number of benzene rings is 1. The SMILES string of the molecule is CC(C)c1csc(-c2ccc(C(C)C(=O)O)cc2F)n1. The van der Waals surface area contributed by atoms with Gasteiger partial charge < -0.3 is 5.11 Å². The zero-order valence-electron chi connectivity index (χ0n) is 11.6. The molecule has 0 bridgehead atoms. The molecule has 1 aromatic carbocycles. The average Bonchev–Trinajstić information content (AvgIpc) is 2.87. The second kappa shape index (κ2) is 5.71. The van der Waals surface area contributed by atoms with Crippen LogP contribution in [0.5, 0.6) is 0 Å². The van der Waals surface area contributed by atoms with Crippen molar-refractivity contribution in [2.75, 3.05) is 0 Å². The summed E-state index contributed by atoms with van der Waals surface area (Å²) >= 11 is 1.40. The first-order valence-corrected chi connectivity index (χ1v) is 7.26. The van der Waals surface area contributed by atoms with Gasteiger partial charge in [0.1, 0.15) is 10.8 Å². The normalized spacial score (nSPS) is 12.7. The van der Waals surface area contributed by atoms with Crippen molar-refractivity contribution in [2.45, 2.75) is 32.6 Å². The van der Waals surface area contributed by atoms with Crippen LogP contribution in [0.3, 0.4) is 0 Å². The minimum absolute atomic E-state index is 0.300. The van der Waals surface area contributed by atoms with Gasteiger partial charge in [-0.1, -0.05) is 19.9 Å². The van der Waals surface area contributed by atoms with Crippen LogP contribution in [0.4, 0.5) is 4.39 Å². The number of carbonyl (C=O) groups is 1. The number of carboxylic acids is 1. The molecule has 2 rings (SSSR count). The summed E-state index contributed by atoms with van der Waals surface area (Å²) in [5.41, 5.74) is 1.81. The van der Waals surface area contributed by atoms with Crippen molar-refractivity contribution in [2.24, 2.45) is 0 Å². The number of rotatable bonds is 4. The average molecular weight is 293 g/mol. The third-order valence-corrected chi connectivity index (χ3v) is 4.10. The van der Waals surface area contributed by atoms with E-state index < -0.39 is 17.7 Å². The Morgan fingerprint density at radius 1 is 1.35 bits per heavy atom. The highest BCUT2D eigenvalue weighted by molar-refractivity contribution is 7.13. The summed E-state index contributed by atoms with van der Waals surface area (Å²) in [6.07, 6.45) is 0. The van der Waals surface area contributed by atoms with Crippen molar-refractivity contribution in [3.8, 4) is 10.6 Å². The predicted molar refractivity (Wildman–Crippen MR) is 77.6 cm³/mol. The van der Waals surface area contributed by atoms with Crippen LogP contribution in [-0.4, -0.2) is 16.1 Å². The lowest BCUT2D eigenvalue weighted by atomic mass is 10.00. The molecule has 0 fully saturated rings. The topological polar surface area (TPSA) is 50.2 Å². The molecule has 1 atom stereocenters. The van der Waals surface area contributed by atoms with Gasteiger partial charge in [0.05, 0.1) is 11.6 Å². The Hall–Kier alpha value is -1.75. The summed E-state index contributed by atoms with van der Waals surface area (Å²) in [6.45, 7) is 5.61. The van der Waals surface area contributed by atoms with Crippen LogP contribution in [0.25, 0.3) is 10.6 Å². The summed E-state index contributed by atoms with van der Waals surface area (Å²) in [6, 6.07) is 4.53. The fourth-order valence-corrected chi connectivity index (χ4v) is 2.80. The van der Waals surface area contributed by atoms with E-state index >= 15 is 0 Å². The maximum Gasteiger partial charge on any atom is 0.310 e. The first-order chi connectivity index (χ1) is 9.40. The molecule has 0 saturated carbocycles. The Balaban J connectivity index is 2.36. The zero-order valence-corrected chi connectivity index (χ0v) is 12.4. The lowest BCUT2D eigenvalue weighted by molar-refractivity contribution is -0.138. The Morgan fingerprint density at radius 3 is 2.55 bits per heavy atom. The molecule has 0 radical (unpaired) electrons. The molecule has 1 aromatic heterocycles. The van der Waals surface area contributed by atoms with Crippen LogP contribution < -0.4 is 0 Å². The molecule has 5 heteroatoms. The molecule has 0 aliphatic carbocycles. The van der Waals surface area contributed by atoms with Gasteiger partial charge in [-0.2, -0.15) is 0 Å². The van der Waals surface area contributed by atoms with Gasteiger partial charge in [-0.25, -0.2) is 9.37 Å². The van der Waals surface area contributed by atoms with E-state index in [2.05, 4.69) is 4.98 Å². The molecule has 1 N–H and O–H groups in total. The van der Waals surface area contributed by atoms with Crippen molar-refractivity contribution in [3.05, 3.63) is 40.7 Å². The molecular formula is C15H16FNO2S. The number of aliphatic carboxylic acids is 1. The second-order valence-electron chi connectivity index (χ2n) is 5.03. The molecule has 0 spiro atoms. The minimum atomic E-state index is -0.964.